The first-order chi connectivity index (χ1) is 5.05. The van der Waals surface area contributed by atoms with Crippen LogP contribution >= 0.6 is 0 Å². The Morgan fingerprint density at radius 3 is 2.91 bits per heavy atom. The second kappa shape index (κ2) is 2.77. The van der Waals surface area contributed by atoms with E-state index in [-0.39, 0.29) is 11.9 Å². The lowest BCUT2D eigenvalue weighted by molar-refractivity contribution is -0.855. The van der Waals surface area contributed by atoms with Gasteiger partial charge in [-0.3, -0.25) is 10.5 Å². The second-order valence-electron chi connectivity index (χ2n) is 2.88. The number of nitrogens with two attached hydrogens (primary N) is 2. The zero-order valence-corrected chi connectivity index (χ0v) is 6.46. The van der Waals surface area contributed by atoms with Gasteiger partial charge in [-0.2, -0.15) is 0 Å². The monoisotopic (exact) mass is 159 g/mol. The molecule has 2 atom stereocenters. The molecular weight excluding hydrogens is 146 g/mol. The molecule has 0 spiro atoms. The van der Waals surface area contributed by atoms with Crippen molar-refractivity contribution in [1.82, 2.24) is 5.32 Å². The molecule has 1 aliphatic heterocycles. The van der Waals surface area contributed by atoms with Crippen LogP contribution in [0.4, 0.5) is 0 Å². The smallest absolute Gasteiger partial charge is 0.277 e. The first kappa shape index (κ1) is 8.45. The Hall–Kier alpha value is -0.650. The second-order valence-corrected chi connectivity index (χ2v) is 2.88. The number of amides is 1. The molecule has 5 N–H and O–H groups in total. The highest BCUT2D eigenvalue weighted by atomic mass is 16.3. The van der Waals surface area contributed by atoms with Gasteiger partial charge in [0.05, 0.1) is 5.85 Å². The summed E-state index contributed by atoms with van der Waals surface area (Å²) in [6.07, 6.45) is 0.921. The van der Waals surface area contributed by atoms with E-state index in [2.05, 4.69) is 5.32 Å². The lowest BCUT2D eigenvalue weighted by atomic mass is 10.2. The van der Waals surface area contributed by atoms with Crippen molar-refractivity contribution in [3.05, 3.63) is 0 Å². The summed E-state index contributed by atoms with van der Waals surface area (Å²) >= 11 is 0. The third-order valence-electron chi connectivity index (χ3n) is 1.91. The van der Waals surface area contributed by atoms with Crippen LogP contribution in [0.15, 0.2) is 0 Å². The fourth-order valence-electron chi connectivity index (χ4n) is 1.28. The molecule has 0 aromatic carbocycles. The minimum Gasteiger partial charge on any atom is -0.791 e. The van der Waals surface area contributed by atoms with E-state index in [4.69, 9.17) is 5.73 Å². The quantitative estimate of drug-likeness (QED) is 0.345. The highest BCUT2D eigenvalue weighted by Gasteiger charge is 2.34. The standard InChI is InChI=1S/C6H12N3O2/c1-8-5(10)4-2-3-6(7,11)9-4/h4,9H,2-3,7H2,1H3,(H,8,10)/q-1/p+1. The number of hydrogen-bond acceptors (Lipinski definition) is 3. The zero-order valence-electron chi connectivity index (χ0n) is 6.46. The number of likely N-dealkylation sites (N-methyl/N-ethyl adjacent to an activating group) is 1. The van der Waals surface area contributed by atoms with Crippen LogP contribution in [0.1, 0.15) is 12.8 Å². The van der Waals surface area contributed by atoms with E-state index in [1.807, 2.05) is 0 Å². The van der Waals surface area contributed by atoms with Crippen LogP contribution in [0.2, 0.25) is 0 Å². The van der Waals surface area contributed by atoms with Gasteiger partial charge in [-0.05, 0) is 0 Å². The normalized spacial score (nSPS) is 37.2. The van der Waals surface area contributed by atoms with Crippen LogP contribution in [0.3, 0.4) is 0 Å². The largest absolute Gasteiger partial charge is 0.791 e. The topological polar surface area (TPSA) is 94.8 Å². The SMILES string of the molecule is CNC(=O)C1CCC(N)([O-])[NH2+]1. The summed E-state index contributed by atoms with van der Waals surface area (Å²) in [6, 6.07) is -0.289. The predicted octanol–water partition coefficient (Wildman–Crippen LogP) is -3.57. The molecule has 64 valence electrons. The maximum Gasteiger partial charge on any atom is 0.277 e. The minimum atomic E-state index is -1.49. The van der Waals surface area contributed by atoms with Crippen molar-refractivity contribution < 1.29 is 15.2 Å². The fraction of sp³-hybridized carbons (Fsp3) is 0.833. The van der Waals surface area contributed by atoms with E-state index >= 15 is 0 Å². The molecule has 5 heteroatoms. The first-order valence-electron chi connectivity index (χ1n) is 3.62. The van der Waals surface area contributed by atoms with Crippen molar-refractivity contribution in [3.8, 4) is 0 Å². The van der Waals surface area contributed by atoms with Gasteiger partial charge in [0, 0.05) is 19.9 Å². The predicted molar refractivity (Wildman–Crippen MR) is 35.9 cm³/mol. The third kappa shape index (κ3) is 1.89. The number of carbonyl (C=O) groups is 1. The number of rotatable bonds is 1. The van der Waals surface area contributed by atoms with Crippen LogP contribution < -0.4 is 21.5 Å². The molecule has 0 aliphatic carbocycles. The van der Waals surface area contributed by atoms with Crippen molar-refractivity contribution in [2.24, 2.45) is 5.73 Å². The Morgan fingerprint density at radius 1 is 1.91 bits per heavy atom. The van der Waals surface area contributed by atoms with Crippen LogP contribution in [0.5, 0.6) is 0 Å². The molecule has 1 amide bonds. The summed E-state index contributed by atoms with van der Waals surface area (Å²) < 4.78 is 0. The molecule has 5 nitrogen and oxygen atoms in total. The van der Waals surface area contributed by atoms with Gasteiger partial charge in [0.25, 0.3) is 5.91 Å². The lowest BCUT2D eigenvalue weighted by Crippen LogP contribution is -3.05. The Morgan fingerprint density at radius 2 is 2.55 bits per heavy atom. The molecule has 1 aliphatic rings. The molecular formula is C6H13N3O2. The van der Waals surface area contributed by atoms with Crippen molar-refractivity contribution in [3.63, 3.8) is 0 Å². The Labute approximate surface area is 65.0 Å². The summed E-state index contributed by atoms with van der Waals surface area (Å²) in [5.74, 6) is -1.61. The maximum atomic E-state index is 11.1. The van der Waals surface area contributed by atoms with Gasteiger partial charge in [-0.15, -0.1) is 0 Å². The molecule has 11 heavy (non-hydrogen) atoms. The van der Waals surface area contributed by atoms with Gasteiger partial charge in [-0.1, -0.05) is 0 Å². The molecule has 0 bridgehead atoms. The molecule has 0 aromatic rings. The minimum absolute atomic E-state index is 0.117. The van der Waals surface area contributed by atoms with Crippen molar-refractivity contribution in [2.45, 2.75) is 24.7 Å². The van der Waals surface area contributed by atoms with E-state index in [1.165, 1.54) is 5.32 Å². The number of nitrogens with one attached hydrogen (secondary N) is 1. The van der Waals surface area contributed by atoms with Gasteiger partial charge < -0.3 is 15.7 Å². The molecule has 1 fully saturated rings. The summed E-state index contributed by atoms with van der Waals surface area (Å²) in [5.41, 5.74) is 5.27. The molecule has 1 rings (SSSR count). The van der Waals surface area contributed by atoms with Gasteiger partial charge in [0.2, 0.25) is 0 Å². The number of hydrogen-bond donors (Lipinski definition) is 3. The van der Waals surface area contributed by atoms with Gasteiger partial charge in [0.1, 0.15) is 0 Å². The molecule has 0 aromatic heterocycles. The third-order valence-corrected chi connectivity index (χ3v) is 1.91. The summed E-state index contributed by atoms with van der Waals surface area (Å²) in [4.78, 5) is 11.0. The van der Waals surface area contributed by atoms with E-state index in [9.17, 15) is 9.90 Å². The van der Waals surface area contributed by atoms with Crippen molar-refractivity contribution >= 4 is 5.91 Å². The Kier molecular flexibility index (Phi) is 2.12. The van der Waals surface area contributed by atoms with E-state index < -0.39 is 5.85 Å². The first-order valence-corrected chi connectivity index (χ1v) is 3.62. The molecule has 1 heterocycles. The summed E-state index contributed by atoms with van der Waals surface area (Å²) in [6.45, 7) is 0. The van der Waals surface area contributed by atoms with Crippen molar-refractivity contribution in [2.75, 3.05) is 7.05 Å². The lowest BCUT2D eigenvalue weighted by Gasteiger charge is -2.26. The summed E-state index contributed by atoms with van der Waals surface area (Å²) in [5, 5.41) is 14.9. The van der Waals surface area contributed by atoms with Crippen LogP contribution in [0, 0.1) is 0 Å². The Bertz CT molecular complexity index is 169. The summed E-state index contributed by atoms with van der Waals surface area (Å²) in [7, 11) is 1.55. The molecule has 2 unspecified atom stereocenters. The Balaban J connectivity index is 2.48. The average Bonchev–Trinajstić information content (AvgIpc) is 2.29. The highest BCUT2D eigenvalue weighted by Crippen LogP contribution is 2.04. The molecule has 1 saturated heterocycles. The van der Waals surface area contributed by atoms with Gasteiger partial charge in [-0.25, -0.2) is 0 Å². The maximum absolute atomic E-state index is 11.1. The van der Waals surface area contributed by atoms with Crippen LogP contribution in [-0.2, 0) is 4.79 Å². The van der Waals surface area contributed by atoms with E-state index in [0.717, 1.165) is 0 Å². The van der Waals surface area contributed by atoms with Crippen molar-refractivity contribution in [1.29, 1.82) is 0 Å². The van der Waals surface area contributed by atoms with Gasteiger partial charge >= 0.3 is 0 Å². The average molecular weight is 159 g/mol. The van der Waals surface area contributed by atoms with Crippen LogP contribution in [0.25, 0.3) is 0 Å². The number of quaternary nitrogens is 1. The van der Waals surface area contributed by atoms with Crippen LogP contribution in [-0.4, -0.2) is 24.8 Å². The van der Waals surface area contributed by atoms with E-state index in [1.54, 1.807) is 7.05 Å². The fourth-order valence-corrected chi connectivity index (χ4v) is 1.28. The van der Waals surface area contributed by atoms with Gasteiger partial charge in [0.15, 0.2) is 6.04 Å². The van der Waals surface area contributed by atoms with E-state index in [0.29, 0.717) is 12.8 Å². The number of carbonyl (C=O) groups excluding carboxylic acids is 1. The molecule has 0 saturated carbocycles. The molecule has 0 radical (unpaired) electrons. The highest BCUT2D eigenvalue weighted by molar-refractivity contribution is 5.80. The zero-order chi connectivity index (χ0) is 8.48.